The SMILES string of the molecule is c1ccc(C2COCC[N]2)nc1. The lowest BCUT2D eigenvalue weighted by Gasteiger charge is -2.21. The minimum Gasteiger partial charge on any atom is -0.378 e. The molecule has 1 unspecified atom stereocenters. The Hall–Kier alpha value is -0.930. The van der Waals surface area contributed by atoms with E-state index >= 15 is 0 Å². The molecule has 0 aromatic carbocycles. The van der Waals surface area contributed by atoms with Crippen LogP contribution in [0.1, 0.15) is 11.7 Å². The number of hydrogen-bond donors (Lipinski definition) is 0. The lowest BCUT2D eigenvalue weighted by molar-refractivity contribution is 0.0732. The summed E-state index contributed by atoms with van der Waals surface area (Å²) in [5.74, 6) is 0. The maximum Gasteiger partial charge on any atom is 0.0901 e. The first-order valence-corrected chi connectivity index (χ1v) is 4.12. The number of aromatic nitrogens is 1. The van der Waals surface area contributed by atoms with Crippen LogP contribution in [0.15, 0.2) is 24.4 Å². The number of rotatable bonds is 1. The van der Waals surface area contributed by atoms with Crippen molar-refractivity contribution in [2.75, 3.05) is 19.8 Å². The van der Waals surface area contributed by atoms with Gasteiger partial charge in [0.15, 0.2) is 0 Å². The van der Waals surface area contributed by atoms with Gasteiger partial charge in [-0.15, -0.1) is 0 Å². The molecular weight excluding hydrogens is 152 g/mol. The van der Waals surface area contributed by atoms with Gasteiger partial charge < -0.3 is 4.74 Å². The average molecular weight is 163 g/mol. The normalized spacial score (nSPS) is 23.8. The largest absolute Gasteiger partial charge is 0.378 e. The van der Waals surface area contributed by atoms with Crippen LogP contribution < -0.4 is 5.32 Å². The van der Waals surface area contributed by atoms with E-state index < -0.39 is 0 Å². The summed E-state index contributed by atoms with van der Waals surface area (Å²) in [6, 6.07) is 6.03. The van der Waals surface area contributed by atoms with Crippen molar-refractivity contribution in [3.8, 4) is 0 Å². The zero-order valence-corrected chi connectivity index (χ0v) is 6.81. The fraction of sp³-hybridized carbons (Fsp3) is 0.444. The van der Waals surface area contributed by atoms with Crippen LogP contribution in [0.4, 0.5) is 0 Å². The summed E-state index contributed by atoms with van der Waals surface area (Å²) < 4.78 is 5.30. The van der Waals surface area contributed by atoms with Crippen LogP contribution in [0.3, 0.4) is 0 Å². The number of morpholine rings is 1. The monoisotopic (exact) mass is 163 g/mol. The Bertz CT molecular complexity index is 232. The molecule has 0 N–H and O–H groups in total. The molecule has 0 amide bonds. The zero-order valence-electron chi connectivity index (χ0n) is 6.81. The summed E-state index contributed by atoms with van der Waals surface area (Å²) in [5, 5.41) is 4.41. The highest BCUT2D eigenvalue weighted by Gasteiger charge is 2.16. The molecule has 0 saturated carbocycles. The van der Waals surface area contributed by atoms with Crippen molar-refractivity contribution in [1.82, 2.24) is 10.3 Å². The predicted molar refractivity (Wildman–Crippen MR) is 44.8 cm³/mol. The standard InChI is InChI=1S/C9H11N2O/c1-2-4-10-8(3-1)9-7-12-6-5-11-9/h1-4,9H,5-7H2. The number of hydrogen-bond acceptors (Lipinski definition) is 2. The maximum atomic E-state index is 5.30. The first kappa shape index (κ1) is 7.71. The van der Waals surface area contributed by atoms with E-state index in [-0.39, 0.29) is 6.04 Å². The second-order valence-electron chi connectivity index (χ2n) is 2.75. The Kier molecular flexibility index (Phi) is 2.34. The minimum atomic E-state index is 0.153. The van der Waals surface area contributed by atoms with Crippen LogP contribution in [0.25, 0.3) is 0 Å². The molecule has 1 saturated heterocycles. The van der Waals surface area contributed by atoms with Gasteiger partial charge in [-0.1, -0.05) is 6.07 Å². The van der Waals surface area contributed by atoms with Gasteiger partial charge in [0.1, 0.15) is 0 Å². The van der Waals surface area contributed by atoms with Crippen LogP contribution in [0, 0.1) is 0 Å². The summed E-state index contributed by atoms with van der Waals surface area (Å²) in [4.78, 5) is 4.23. The Labute approximate surface area is 71.8 Å². The molecule has 1 aliphatic rings. The second kappa shape index (κ2) is 3.65. The van der Waals surface area contributed by atoms with Crippen molar-refractivity contribution in [2.45, 2.75) is 6.04 Å². The van der Waals surface area contributed by atoms with Crippen molar-refractivity contribution in [3.63, 3.8) is 0 Å². The van der Waals surface area contributed by atoms with E-state index in [9.17, 15) is 0 Å². The average Bonchev–Trinajstić information content (AvgIpc) is 2.21. The molecule has 2 heterocycles. The van der Waals surface area contributed by atoms with E-state index in [0.29, 0.717) is 6.61 Å². The fourth-order valence-corrected chi connectivity index (χ4v) is 1.27. The van der Waals surface area contributed by atoms with Gasteiger partial charge in [-0.05, 0) is 12.1 Å². The molecule has 1 aliphatic heterocycles. The van der Waals surface area contributed by atoms with E-state index in [2.05, 4.69) is 10.3 Å². The van der Waals surface area contributed by atoms with E-state index in [0.717, 1.165) is 18.8 Å². The van der Waals surface area contributed by atoms with Crippen LogP contribution in [-0.2, 0) is 4.74 Å². The predicted octanol–water partition coefficient (Wildman–Crippen LogP) is 0.757. The van der Waals surface area contributed by atoms with Crippen LogP contribution in [0.2, 0.25) is 0 Å². The molecule has 3 heteroatoms. The van der Waals surface area contributed by atoms with Gasteiger partial charge in [-0.3, -0.25) is 4.98 Å². The molecule has 0 aliphatic carbocycles. The lowest BCUT2D eigenvalue weighted by Crippen LogP contribution is -2.29. The summed E-state index contributed by atoms with van der Waals surface area (Å²) in [5.41, 5.74) is 1.01. The fourth-order valence-electron chi connectivity index (χ4n) is 1.27. The van der Waals surface area contributed by atoms with Crippen molar-refractivity contribution < 1.29 is 4.74 Å². The maximum absolute atomic E-state index is 5.30. The number of nitrogens with zero attached hydrogens (tertiary/aromatic N) is 2. The van der Waals surface area contributed by atoms with E-state index in [4.69, 9.17) is 4.74 Å². The van der Waals surface area contributed by atoms with Gasteiger partial charge in [-0.25, -0.2) is 5.32 Å². The van der Waals surface area contributed by atoms with Crippen LogP contribution >= 0.6 is 0 Å². The molecule has 0 spiro atoms. The van der Waals surface area contributed by atoms with Crippen molar-refractivity contribution in [1.29, 1.82) is 0 Å². The third kappa shape index (κ3) is 1.62. The Morgan fingerprint density at radius 1 is 1.42 bits per heavy atom. The molecule has 1 aromatic heterocycles. The highest BCUT2D eigenvalue weighted by molar-refractivity contribution is 5.08. The Morgan fingerprint density at radius 2 is 2.42 bits per heavy atom. The van der Waals surface area contributed by atoms with E-state index in [1.54, 1.807) is 6.20 Å². The summed E-state index contributed by atoms with van der Waals surface area (Å²) in [7, 11) is 0. The molecule has 0 bridgehead atoms. The van der Waals surface area contributed by atoms with Gasteiger partial charge in [-0.2, -0.15) is 0 Å². The molecule has 1 atom stereocenters. The first-order chi connectivity index (χ1) is 5.97. The summed E-state index contributed by atoms with van der Waals surface area (Å²) in [6.45, 7) is 2.22. The first-order valence-electron chi connectivity index (χ1n) is 4.12. The zero-order chi connectivity index (χ0) is 8.23. The van der Waals surface area contributed by atoms with Crippen molar-refractivity contribution >= 4 is 0 Å². The highest BCUT2D eigenvalue weighted by Crippen LogP contribution is 2.13. The van der Waals surface area contributed by atoms with Gasteiger partial charge in [0.25, 0.3) is 0 Å². The van der Waals surface area contributed by atoms with Crippen molar-refractivity contribution in [2.24, 2.45) is 0 Å². The molecule has 63 valence electrons. The third-order valence-electron chi connectivity index (χ3n) is 1.89. The van der Waals surface area contributed by atoms with Gasteiger partial charge in [0, 0.05) is 12.7 Å². The quantitative estimate of drug-likeness (QED) is 0.612. The molecule has 3 nitrogen and oxygen atoms in total. The molecular formula is C9H11N2O. The minimum absolute atomic E-state index is 0.153. The molecule has 12 heavy (non-hydrogen) atoms. The third-order valence-corrected chi connectivity index (χ3v) is 1.89. The van der Waals surface area contributed by atoms with Crippen LogP contribution in [0.5, 0.6) is 0 Å². The van der Waals surface area contributed by atoms with E-state index in [1.807, 2.05) is 18.2 Å². The van der Waals surface area contributed by atoms with Gasteiger partial charge >= 0.3 is 0 Å². The van der Waals surface area contributed by atoms with E-state index in [1.165, 1.54) is 0 Å². The topological polar surface area (TPSA) is 36.2 Å². The lowest BCUT2D eigenvalue weighted by atomic mass is 10.2. The van der Waals surface area contributed by atoms with Gasteiger partial charge in [0.2, 0.25) is 0 Å². The molecule has 2 rings (SSSR count). The molecule has 1 fully saturated rings. The second-order valence-corrected chi connectivity index (χ2v) is 2.75. The van der Waals surface area contributed by atoms with Gasteiger partial charge in [0.05, 0.1) is 24.9 Å². The van der Waals surface area contributed by atoms with Crippen molar-refractivity contribution in [3.05, 3.63) is 30.1 Å². The smallest absolute Gasteiger partial charge is 0.0901 e. The summed E-state index contributed by atoms with van der Waals surface area (Å²) >= 11 is 0. The van der Waals surface area contributed by atoms with Crippen LogP contribution in [-0.4, -0.2) is 24.7 Å². The Morgan fingerprint density at radius 3 is 3.08 bits per heavy atom. The summed E-state index contributed by atoms with van der Waals surface area (Å²) in [6.07, 6.45) is 1.79. The highest BCUT2D eigenvalue weighted by atomic mass is 16.5. The number of pyridine rings is 1. The molecule has 1 radical (unpaired) electrons. The molecule has 1 aromatic rings. The Balaban J connectivity index is 2.08. The number of ether oxygens (including phenoxy) is 1.